The van der Waals surface area contributed by atoms with E-state index in [2.05, 4.69) is 14.9 Å². The number of hydrogen-bond donors (Lipinski definition) is 0. The van der Waals surface area contributed by atoms with E-state index in [1.54, 1.807) is 37.2 Å². The van der Waals surface area contributed by atoms with Gasteiger partial charge in [-0.05, 0) is 19.9 Å². The van der Waals surface area contributed by atoms with E-state index in [4.69, 9.17) is 4.74 Å². The summed E-state index contributed by atoms with van der Waals surface area (Å²) in [5.41, 5.74) is 0. The Kier molecular flexibility index (Phi) is 5.68. The minimum atomic E-state index is -0.320. The predicted molar refractivity (Wildman–Crippen MR) is 81.3 cm³/mol. The number of carbonyl (C=O) groups excluding carboxylic acids is 2. The number of ether oxygens (including phenoxy) is 1. The molecule has 7 nitrogen and oxygen atoms in total. The first kappa shape index (κ1) is 16.2. The summed E-state index contributed by atoms with van der Waals surface area (Å²) in [6.45, 7) is 6.24. The summed E-state index contributed by atoms with van der Waals surface area (Å²) >= 11 is 0. The average molecular weight is 306 g/mol. The van der Waals surface area contributed by atoms with Crippen LogP contribution < -0.4 is 4.90 Å². The van der Waals surface area contributed by atoms with Crippen LogP contribution in [-0.2, 0) is 14.3 Å². The van der Waals surface area contributed by atoms with Crippen molar-refractivity contribution in [1.29, 1.82) is 0 Å². The second-order valence-corrected chi connectivity index (χ2v) is 5.46. The molecule has 0 unspecified atom stereocenters. The highest BCUT2D eigenvalue weighted by atomic mass is 16.5. The molecule has 2 heterocycles. The summed E-state index contributed by atoms with van der Waals surface area (Å²) in [5.74, 6) is 0.365. The van der Waals surface area contributed by atoms with Crippen molar-refractivity contribution in [1.82, 2.24) is 14.9 Å². The van der Waals surface area contributed by atoms with Gasteiger partial charge in [-0.1, -0.05) is 0 Å². The summed E-state index contributed by atoms with van der Waals surface area (Å²) in [5, 5.41) is 0. The zero-order valence-corrected chi connectivity index (χ0v) is 13.1. The van der Waals surface area contributed by atoms with Crippen LogP contribution in [-0.4, -0.2) is 59.0 Å². The van der Waals surface area contributed by atoms with Gasteiger partial charge in [-0.25, -0.2) is 9.97 Å². The van der Waals surface area contributed by atoms with Crippen LogP contribution in [0.1, 0.15) is 26.7 Å². The van der Waals surface area contributed by atoms with E-state index in [-0.39, 0.29) is 30.8 Å². The van der Waals surface area contributed by atoms with Crippen LogP contribution in [0.5, 0.6) is 0 Å². The largest absolute Gasteiger partial charge is 0.463 e. The van der Waals surface area contributed by atoms with Crippen molar-refractivity contribution in [3.63, 3.8) is 0 Å². The molecule has 1 fully saturated rings. The third-order valence-electron chi connectivity index (χ3n) is 3.38. The Morgan fingerprint density at radius 2 is 1.77 bits per heavy atom. The van der Waals surface area contributed by atoms with Crippen molar-refractivity contribution in [3.05, 3.63) is 18.5 Å². The minimum absolute atomic E-state index is 0.00524. The summed E-state index contributed by atoms with van der Waals surface area (Å²) in [7, 11) is 0. The number of anilines is 1. The van der Waals surface area contributed by atoms with E-state index in [1.807, 2.05) is 0 Å². The number of esters is 1. The van der Waals surface area contributed by atoms with E-state index < -0.39 is 0 Å². The van der Waals surface area contributed by atoms with Crippen molar-refractivity contribution in [2.75, 3.05) is 31.1 Å². The van der Waals surface area contributed by atoms with Gasteiger partial charge in [0.15, 0.2) is 0 Å². The molecule has 0 bridgehead atoms. The average Bonchev–Trinajstić information content (AvgIpc) is 2.53. The van der Waals surface area contributed by atoms with Gasteiger partial charge in [0, 0.05) is 45.0 Å². The first-order valence-corrected chi connectivity index (χ1v) is 7.55. The van der Waals surface area contributed by atoms with E-state index in [1.165, 1.54) is 0 Å². The molecule has 7 heteroatoms. The molecule has 0 atom stereocenters. The molecular weight excluding hydrogens is 284 g/mol. The fourth-order valence-corrected chi connectivity index (χ4v) is 2.30. The van der Waals surface area contributed by atoms with Gasteiger partial charge in [-0.3, -0.25) is 9.59 Å². The number of piperazine rings is 1. The third kappa shape index (κ3) is 4.68. The number of nitrogens with zero attached hydrogens (tertiary/aromatic N) is 4. The van der Waals surface area contributed by atoms with Gasteiger partial charge < -0.3 is 14.5 Å². The highest BCUT2D eigenvalue weighted by Crippen LogP contribution is 2.11. The van der Waals surface area contributed by atoms with Gasteiger partial charge in [-0.2, -0.15) is 0 Å². The van der Waals surface area contributed by atoms with Gasteiger partial charge in [0.1, 0.15) is 0 Å². The molecule has 0 saturated carbocycles. The SMILES string of the molecule is CC(C)OC(=O)CCC(=O)N1CCN(c2ncccn2)CC1. The van der Waals surface area contributed by atoms with E-state index >= 15 is 0 Å². The Morgan fingerprint density at radius 3 is 2.36 bits per heavy atom. The molecule has 0 aromatic carbocycles. The molecule has 1 aromatic heterocycles. The maximum atomic E-state index is 12.1. The molecule has 0 N–H and O–H groups in total. The summed E-state index contributed by atoms with van der Waals surface area (Å²) in [6, 6.07) is 1.78. The summed E-state index contributed by atoms with van der Waals surface area (Å²) in [6.07, 6.45) is 3.62. The van der Waals surface area contributed by atoms with Crippen molar-refractivity contribution in [2.45, 2.75) is 32.8 Å². The number of rotatable bonds is 5. The smallest absolute Gasteiger partial charge is 0.306 e. The molecule has 0 radical (unpaired) electrons. The van der Waals surface area contributed by atoms with E-state index in [9.17, 15) is 9.59 Å². The third-order valence-corrected chi connectivity index (χ3v) is 3.38. The quantitative estimate of drug-likeness (QED) is 0.751. The molecule has 1 aromatic rings. The van der Waals surface area contributed by atoms with Crippen LogP contribution in [0.4, 0.5) is 5.95 Å². The molecule has 0 aliphatic carbocycles. The van der Waals surface area contributed by atoms with Crippen molar-refractivity contribution >= 4 is 17.8 Å². The first-order valence-electron chi connectivity index (χ1n) is 7.55. The van der Waals surface area contributed by atoms with Crippen LogP contribution in [0.15, 0.2) is 18.5 Å². The normalized spacial score (nSPS) is 15.0. The molecule has 1 aliphatic heterocycles. The monoisotopic (exact) mass is 306 g/mol. The molecule has 1 amide bonds. The maximum absolute atomic E-state index is 12.1. The van der Waals surface area contributed by atoms with Crippen LogP contribution in [0.2, 0.25) is 0 Å². The van der Waals surface area contributed by atoms with Gasteiger partial charge >= 0.3 is 5.97 Å². The predicted octanol–water partition coefficient (Wildman–Crippen LogP) is 0.857. The zero-order valence-electron chi connectivity index (χ0n) is 13.1. The fraction of sp³-hybridized carbons (Fsp3) is 0.600. The van der Waals surface area contributed by atoms with Crippen LogP contribution in [0.3, 0.4) is 0 Å². The van der Waals surface area contributed by atoms with Gasteiger partial charge in [0.2, 0.25) is 11.9 Å². The maximum Gasteiger partial charge on any atom is 0.306 e. The van der Waals surface area contributed by atoms with Gasteiger partial charge in [0.05, 0.1) is 12.5 Å². The minimum Gasteiger partial charge on any atom is -0.463 e. The Labute approximate surface area is 130 Å². The van der Waals surface area contributed by atoms with Crippen LogP contribution >= 0.6 is 0 Å². The molecule has 1 aliphatic rings. The first-order chi connectivity index (χ1) is 10.6. The second-order valence-electron chi connectivity index (χ2n) is 5.46. The summed E-state index contributed by atoms with van der Waals surface area (Å²) in [4.78, 5) is 35.8. The number of amides is 1. The van der Waals surface area contributed by atoms with Crippen molar-refractivity contribution in [3.8, 4) is 0 Å². The number of carbonyl (C=O) groups is 2. The lowest BCUT2D eigenvalue weighted by atomic mass is 10.2. The molecule has 120 valence electrons. The Balaban J connectivity index is 1.74. The second kappa shape index (κ2) is 7.72. The molecule has 0 spiro atoms. The Morgan fingerprint density at radius 1 is 1.14 bits per heavy atom. The van der Waals surface area contributed by atoms with Crippen LogP contribution in [0.25, 0.3) is 0 Å². The Bertz CT molecular complexity index is 499. The lowest BCUT2D eigenvalue weighted by Gasteiger charge is -2.34. The van der Waals surface area contributed by atoms with E-state index in [0.717, 1.165) is 0 Å². The molecular formula is C15H22N4O3. The molecule has 22 heavy (non-hydrogen) atoms. The number of aromatic nitrogens is 2. The topological polar surface area (TPSA) is 75.6 Å². The number of hydrogen-bond acceptors (Lipinski definition) is 6. The van der Waals surface area contributed by atoms with Gasteiger partial charge in [0.25, 0.3) is 0 Å². The highest BCUT2D eigenvalue weighted by molar-refractivity contribution is 5.81. The van der Waals surface area contributed by atoms with Crippen LogP contribution in [0, 0.1) is 0 Å². The van der Waals surface area contributed by atoms with Crippen molar-refractivity contribution < 1.29 is 14.3 Å². The van der Waals surface area contributed by atoms with Gasteiger partial charge in [-0.15, -0.1) is 0 Å². The van der Waals surface area contributed by atoms with Crippen molar-refractivity contribution in [2.24, 2.45) is 0 Å². The zero-order chi connectivity index (χ0) is 15.9. The fourth-order valence-electron chi connectivity index (χ4n) is 2.30. The molecule has 1 saturated heterocycles. The highest BCUT2D eigenvalue weighted by Gasteiger charge is 2.22. The summed E-state index contributed by atoms with van der Waals surface area (Å²) < 4.78 is 5.03. The lowest BCUT2D eigenvalue weighted by molar-refractivity contribution is -0.149. The standard InChI is InChI=1S/C15H22N4O3/c1-12(2)22-14(21)5-4-13(20)18-8-10-19(11-9-18)15-16-6-3-7-17-15/h3,6-7,12H,4-5,8-11H2,1-2H3. The van der Waals surface area contributed by atoms with E-state index in [0.29, 0.717) is 32.1 Å². The molecule has 2 rings (SSSR count). The lowest BCUT2D eigenvalue weighted by Crippen LogP contribution is -2.49. The Hall–Kier alpha value is -2.18.